The summed E-state index contributed by atoms with van der Waals surface area (Å²) in [6, 6.07) is 0. The molecule has 0 saturated carbocycles. The predicted octanol–water partition coefficient (Wildman–Crippen LogP) is 0.817. The Labute approximate surface area is 49.9 Å². The van der Waals surface area contributed by atoms with E-state index in [1.54, 1.807) is 0 Å². The summed E-state index contributed by atoms with van der Waals surface area (Å²) in [6.45, 7) is 0. The van der Waals surface area contributed by atoms with Crippen molar-refractivity contribution in [3.63, 3.8) is 0 Å². The zero-order chi connectivity index (χ0) is 6.08. The third-order valence-electron chi connectivity index (χ3n) is 0.223. The van der Waals surface area contributed by atoms with Crippen molar-refractivity contribution in [2.45, 2.75) is 6.18 Å². The molecular formula is C2F4Te. The quantitative estimate of drug-likeness (QED) is 0.425. The van der Waals surface area contributed by atoms with Crippen LogP contribution in [-0.4, -0.2) is 31.8 Å². The Morgan fingerprint density at radius 1 is 1.29 bits per heavy atom. The first-order valence-corrected chi connectivity index (χ1v) is 2.38. The fourth-order valence-corrected chi connectivity index (χ4v) is 0. The van der Waals surface area contributed by atoms with Crippen LogP contribution >= 0.6 is 0 Å². The molecule has 0 heterocycles. The molecule has 0 amide bonds. The molecule has 0 aromatic rings. The summed E-state index contributed by atoms with van der Waals surface area (Å²) in [7, 11) is 0. The Morgan fingerprint density at radius 3 is 1.43 bits per heavy atom. The van der Waals surface area contributed by atoms with Gasteiger partial charge in [0, 0.05) is 0 Å². The first-order chi connectivity index (χ1) is 2.94. The Bertz CT molecular complexity index is 82.2. The average Bonchev–Trinajstić information content (AvgIpc) is 1.31. The molecule has 5 heteroatoms. The van der Waals surface area contributed by atoms with Crippen molar-refractivity contribution in [1.82, 2.24) is 0 Å². The van der Waals surface area contributed by atoms with Crippen LogP contribution in [0.5, 0.6) is 0 Å². The van der Waals surface area contributed by atoms with Crippen LogP contribution in [0.4, 0.5) is 17.6 Å². The van der Waals surface area contributed by atoms with Gasteiger partial charge < -0.3 is 0 Å². The van der Waals surface area contributed by atoms with E-state index in [9.17, 15) is 17.6 Å². The van der Waals surface area contributed by atoms with Gasteiger partial charge in [-0.25, -0.2) is 0 Å². The predicted molar refractivity (Wildman–Crippen MR) is 17.9 cm³/mol. The van der Waals surface area contributed by atoms with Gasteiger partial charge in [-0.15, -0.1) is 0 Å². The van der Waals surface area contributed by atoms with Crippen molar-refractivity contribution in [2.75, 3.05) is 0 Å². The van der Waals surface area contributed by atoms with Gasteiger partial charge >= 0.3 is 49.4 Å². The van der Waals surface area contributed by atoms with Crippen molar-refractivity contribution in [2.24, 2.45) is 0 Å². The maximum absolute atomic E-state index is 11.0. The van der Waals surface area contributed by atoms with Gasteiger partial charge in [-0.3, -0.25) is 0 Å². The molecule has 0 atom stereocenters. The molecule has 0 bridgehead atoms. The molecule has 7 heavy (non-hydrogen) atoms. The van der Waals surface area contributed by atoms with Gasteiger partial charge in [0.1, 0.15) is 0 Å². The molecular weight excluding hydrogens is 228 g/mol. The van der Waals surface area contributed by atoms with Crippen molar-refractivity contribution >= 4 is 25.6 Å². The van der Waals surface area contributed by atoms with Gasteiger partial charge in [0.2, 0.25) is 0 Å². The van der Waals surface area contributed by atoms with E-state index in [0.717, 1.165) is 0 Å². The number of alkyl halides is 3. The van der Waals surface area contributed by atoms with Gasteiger partial charge in [-0.2, -0.15) is 0 Å². The minimum atomic E-state index is -4.75. The van der Waals surface area contributed by atoms with Gasteiger partial charge in [-0.1, -0.05) is 0 Å². The Kier molecular flexibility index (Phi) is 2.21. The SMILES string of the molecule is FC(=[Te])C(F)(F)F. The van der Waals surface area contributed by atoms with Gasteiger partial charge in [0.05, 0.1) is 0 Å². The first kappa shape index (κ1) is 7.38. The summed E-state index contributed by atoms with van der Waals surface area (Å²) in [5, 5.41) is 0. The standard InChI is InChI=1S/C2F4Te/c3-1(7)2(4,5)6. The summed E-state index contributed by atoms with van der Waals surface area (Å²) in [4.78, 5) is 0. The second-order valence-electron chi connectivity index (χ2n) is 0.771. The third kappa shape index (κ3) is 3.01. The zero-order valence-corrected chi connectivity index (χ0v) is 5.25. The topological polar surface area (TPSA) is 0 Å². The Balaban J connectivity index is 3.79. The average molecular weight is 228 g/mol. The first-order valence-electron chi connectivity index (χ1n) is 1.21. The van der Waals surface area contributed by atoms with Crippen LogP contribution < -0.4 is 0 Å². The second-order valence-corrected chi connectivity index (χ2v) is 1.79. The molecule has 42 valence electrons. The monoisotopic (exact) mass is 230 g/mol. The maximum atomic E-state index is 11.0. The molecule has 0 aromatic heterocycles. The number of halogens is 4. The number of hydrogen-bond acceptors (Lipinski definition) is 0. The molecule has 0 rings (SSSR count). The van der Waals surface area contributed by atoms with E-state index < -0.39 is 9.98 Å². The van der Waals surface area contributed by atoms with E-state index in [2.05, 4.69) is 0 Å². The summed E-state index contributed by atoms with van der Waals surface area (Å²) in [5.74, 6) is 0. The van der Waals surface area contributed by atoms with Crippen LogP contribution in [0.25, 0.3) is 0 Å². The molecule has 0 fully saturated rings. The van der Waals surface area contributed by atoms with Crippen LogP contribution in [0, 0.1) is 0 Å². The molecule has 0 unspecified atom stereocenters. The summed E-state index contributed by atoms with van der Waals surface area (Å²) in [6.07, 6.45) is -4.75. The second kappa shape index (κ2) is 2.10. The molecule has 0 saturated heterocycles. The molecule has 0 nitrogen and oxygen atoms in total. The summed E-state index contributed by atoms with van der Waals surface area (Å²) in [5.41, 5.74) is 0. The summed E-state index contributed by atoms with van der Waals surface area (Å²) >= 11 is 0.309. The fourth-order valence-electron chi connectivity index (χ4n) is 0. The Hall–Kier alpha value is 0.380. The molecule has 0 spiro atoms. The number of rotatable bonds is 0. The molecule has 0 radical (unpaired) electrons. The summed E-state index contributed by atoms with van der Waals surface area (Å²) < 4.78 is 41.3. The van der Waals surface area contributed by atoms with E-state index in [0.29, 0.717) is 21.8 Å². The van der Waals surface area contributed by atoms with Gasteiger partial charge in [0.25, 0.3) is 0 Å². The van der Waals surface area contributed by atoms with Crippen LogP contribution in [0.1, 0.15) is 0 Å². The van der Waals surface area contributed by atoms with Gasteiger partial charge in [-0.05, 0) is 0 Å². The molecule has 0 aromatic carbocycles. The van der Waals surface area contributed by atoms with E-state index in [1.807, 2.05) is 0 Å². The van der Waals surface area contributed by atoms with Crippen LogP contribution in [0.3, 0.4) is 0 Å². The fraction of sp³-hybridized carbons (Fsp3) is 0.500. The minimum absolute atomic E-state index is 0.309. The van der Waals surface area contributed by atoms with Crippen LogP contribution in [0.15, 0.2) is 0 Å². The van der Waals surface area contributed by atoms with Crippen LogP contribution in [-0.2, 0) is 0 Å². The normalized spacial score (nSPS) is 11.4. The van der Waals surface area contributed by atoms with E-state index in [1.165, 1.54) is 0 Å². The van der Waals surface area contributed by atoms with E-state index in [4.69, 9.17) is 0 Å². The molecule has 0 N–H and O–H groups in total. The van der Waals surface area contributed by atoms with E-state index >= 15 is 0 Å². The molecule has 0 aliphatic carbocycles. The molecule has 0 aliphatic rings. The number of hydrogen-bond donors (Lipinski definition) is 0. The van der Waals surface area contributed by atoms with Gasteiger partial charge in [0.15, 0.2) is 0 Å². The van der Waals surface area contributed by atoms with Crippen molar-refractivity contribution in [1.29, 1.82) is 0 Å². The Morgan fingerprint density at radius 2 is 1.43 bits per heavy atom. The van der Waals surface area contributed by atoms with Crippen molar-refractivity contribution < 1.29 is 17.6 Å². The van der Waals surface area contributed by atoms with E-state index in [-0.39, 0.29) is 0 Å². The van der Waals surface area contributed by atoms with Crippen molar-refractivity contribution in [3.8, 4) is 0 Å². The molecule has 0 aliphatic heterocycles. The van der Waals surface area contributed by atoms with Crippen molar-refractivity contribution in [3.05, 3.63) is 0 Å². The zero-order valence-electron chi connectivity index (χ0n) is 2.92. The van der Waals surface area contributed by atoms with Crippen LogP contribution in [0.2, 0.25) is 0 Å². The third-order valence-corrected chi connectivity index (χ3v) is 0.883.